The molecular formula is C14H29NO. The van der Waals surface area contributed by atoms with E-state index < -0.39 is 5.60 Å². The molecule has 0 aromatic heterocycles. The smallest absolute Gasteiger partial charge is 0.0659 e. The van der Waals surface area contributed by atoms with Crippen molar-refractivity contribution in [2.75, 3.05) is 6.54 Å². The van der Waals surface area contributed by atoms with Gasteiger partial charge in [0.2, 0.25) is 0 Å². The molecule has 0 aromatic carbocycles. The van der Waals surface area contributed by atoms with Crippen LogP contribution in [-0.4, -0.2) is 23.3 Å². The van der Waals surface area contributed by atoms with Crippen molar-refractivity contribution >= 4 is 0 Å². The Hall–Kier alpha value is -0.0800. The van der Waals surface area contributed by atoms with Gasteiger partial charge in [0.1, 0.15) is 0 Å². The minimum absolute atomic E-state index is 0.466. The van der Waals surface area contributed by atoms with E-state index in [1.54, 1.807) is 0 Å². The summed E-state index contributed by atoms with van der Waals surface area (Å²) in [7, 11) is 0. The first-order chi connectivity index (χ1) is 7.52. The Kier molecular flexibility index (Phi) is 5.77. The molecule has 2 nitrogen and oxygen atoms in total. The van der Waals surface area contributed by atoms with Crippen LogP contribution in [0.3, 0.4) is 0 Å². The molecular weight excluding hydrogens is 198 g/mol. The highest BCUT2D eigenvalue weighted by molar-refractivity contribution is 4.84. The number of nitrogens with one attached hydrogen (secondary N) is 1. The number of rotatable bonds is 5. The highest BCUT2D eigenvalue weighted by Gasteiger charge is 2.31. The normalized spacial score (nSPS) is 23.1. The molecule has 1 unspecified atom stereocenters. The summed E-state index contributed by atoms with van der Waals surface area (Å²) in [6, 6.07) is 0.518. The summed E-state index contributed by atoms with van der Waals surface area (Å²) < 4.78 is 0. The minimum Gasteiger partial charge on any atom is -0.390 e. The van der Waals surface area contributed by atoms with Crippen LogP contribution in [-0.2, 0) is 0 Å². The van der Waals surface area contributed by atoms with Crippen LogP contribution in [0.25, 0.3) is 0 Å². The van der Waals surface area contributed by atoms with Crippen molar-refractivity contribution in [1.29, 1.82) is 0 Å². The van der Waals surface area contributed by atoms with Crippen molar-refractivity contribution in [3.05, 3.63) is 0 Å². The summed E-state index contributed by atoms with van der Waals surface area (Å²) in [5, 5.41) is 13.9. The first-order valence-electron chi connectivity index (χ1n) is 6.98. The highest BCUT2D eigenvalue weighted by atomic mass is 16.3. The largest absolute Gasteiger partial charge is 0.390 e. The highest BCUT2D eigenvalue weighted by Crippen LogP contribution is 2.33. The molecule has 1 aliphatic carbocycles. The van der Waals surface area contributed by atoms with E-state index >= 15 is 0 Å². The van der Waals surface area contributed by atoms with Gasteiger partial charge in [-0.25, -0.2) is 0 Å². The summed E-state index contributed by atoms with van der Waals surface area (Å²) in [5.41, 5.74) is -0.466. The van der Waals surface area contributed by atoms with Crippen molar-refractivity contribution in [3.63, 3.8) is 0 Å². The fourth-order valence-electron chi connectivity index (χ4n) is 2.72. The molecule has 1 fully saturated rings. The number of hydrogen-bond acceptors (Lipinski definition) is 2. The maximum Gasteiger partial charge on any atom is 0.0659 e. The zero-order valence-corrected chi connectivity index (χ0v) is 11.3. The topological polar surface area (TPSA) is 32.3 Å². The van der Waals surface area contributed by atoms with Gasteiger partial charge in [-0.1, -0.05) is 39.5 Å². The summed E-state index contributed by atoms with van der Waals surface area (Å²) in [6.07, 6.45) is 8.64. The molecule has 2 heteroatoms. The SMILES string of the molecule is CC(C)NCCC(C)(O)C1CCCCCC1. The second-order valence-electron chi connectivity index (χ2n) is 5.90. The monoisotopic (exact) mass is 227 g/mol. The Morgan fingerprint density at radius 1 is 1.19 bits per heavy atom. The summed E-state index contributed by atoms with van der Waals surface area (Å²) >= 11 is 0. The van der Waals surface area contributed by atoms with Crippen LogP contribution >= 0.6 is 0 Å². The lowest BCUT2D eigenvalue weighted by Gasteiger charge is -2.33. The molecule has 0 heterocycles. The third-order valence-corrected chi connectivity index (χ3v) is 3.92. The van der Waals surface area contributed by atoms with E-state index in [0.717, 1.165) is 13.0 Å². The molecule has 1 aliphatic rings. The van der Waals surface area contributed by atoms with Crippen LogP contribution in [0, 0.1) is 5.92 Å². The Morgan fingerprint density at radius 3 is 2.25 bits per heavy atom. The molecule has 0 aliphatic heterocycles. The fraction of sp³-hybridized carbons (Fsp3) is 1.00. The van der Waals surface area contributed by atoms with Crippen LogP contribution in [0.15, 0.2) is 0 Å². The zero-order chi connectivity index (χ0) is 12.0. The minimum atomic E-state index is -0.466. The maximum absolute atomic E-state index is 10.5. The van der Waals surface area contributed by atoms with Gasteiger partial charge >= 0.3 is 0 Å². The number of aliphatic hydroxyl groups is 1. The van der Waals surface area contributed by atoms with Gasteiger partial charge < -0.3 is 10.4 Å². The second kappa shape index (κ2) is 6.61. The lowest BCUT2D eigenvalue weighted by atomic mass is 9.81. The lowest BCUT2D eigenvalue weighted by Crippen LogP contribution is -2.38. The molecule has 0 spiro atoms. The second-order valence-corrected chi connectivity index (χ2v) is 5.90. The van der Waals surface area contributed by atoms with Crippen LogP contribution < -0.4 is 5.32 Å². The molecule has 0 saturated heterocycles. The molecule has 0 aromatic rings. The standard InChI is InChI=1S/C14H29NO/c1-12(2)15-11-10-14(3,16)13-8-6-4-5-7-9-13/h12-13,15-16H,4-11H2,1-3H3. The van der Waals surface area contributed by atoms with E-state index in [0.29, 0.717) is 12.0 Å². The van der Waals surface area contributed by atoms with Gasteiger partial charge in [-0.3, -0.25) is 0 Å². The number of hydrogen-bond donors (Lipinski definition) is 2. The Bertz CT molecular complexity index is 181. The maximum atomic E-state index is 10.5. The van der Waals surface area contributed by atoms with E-state index in [-0.39, 0.29) is 0 Å². The van der Waals surface area contributed by atoms with Gasteiger partial charge in [-0.15, -0.1) is 0 Å². The van der Waals surface area contributed by atoms with Crippen molar-refractivity contribution in [1.82, 2.24) is 5.32 Å². The van der Waals surface area contributed by atoms with Gasteiger partial charge in [0.05, 0.1) is 5.60 Å². The third-order valence-electron chi connectivity index (χ3n) is 3.92. The van der Waals surface area contributed by atoms with Gasteiger partial charge in [-0.2, -0.15) is 0 Å². The summed E-state index contributed by atoms with van der Waals surface area (Å²) in [5.74, 6) is 0.518. The lowest BCUT2D eigenvalue weighted by molar-refractivity contribution is -0.0148. The van der Waals surface area contributed by atoms with Crippen LogP contribution in [0.4, 0.5) is 0 Å². The molecule has 0 bridgehead atoms. The molecule has 96 valence electrons. The van der Waals surface area contributed by atoms with E-state index in [9.17, 15) is 5.11 Å². The summed E-state index contributed by atoms with van der Waals surface area (Å²) in [4.78, 5) is 0. The summed E-state index contributed by atoms with van der Waals surface area (Å²) in [6.45, 7) is 7.27. The van der Waals surface area contributed by atoms with Crippen molar-refractivity contribution in [2.24, 2.45) is 5.92 Å². The predicted molar refractivity (Wildman–Crippen MR) is 69.6 cm³/mol. The molecule has 1 saturated carbocycles. The molecule has 1 rings (SSSR count). The van der Waals surface area contributed by atoms with Crippen molar-refractivity contribution in [3.8, 4) is 0 Å². The zero-order valence-electron chi connectivity index (χ0n) is 11.3. The third kappa shape index (κ3) is 4.84. The van der Waals surface area contributed by atoms with Crippen LogP contribution in [0.5, 0.6) is 0 Å². The average molecular weight is 227 g/mol. The van der Waals surface area contributed by atoms with Gasteiger partial charge in [0.25, 0.3) is 0 Å². The Labute approximate surface area is 101 Å². The first-order valence-corrected chi connectivity index (χ1v) is 6.98. The Balaban J connectivity index is 2.34. The van der Waals surface area contributed by atoms with Crippen LogP contribution in [0.1, 0.15) is 65.7 Å². The van der Waals surface area contributed by atoms with E-state index in [2.05, 4.69) is 19.2 Å². The molecule has 0 radical (unpaired) electrons. The van der Waals surface area contributed by atoms with Gasteiger partial charge in [-0.05, 0) is 38.6 Å². The molecule has 2 N–H and O–H groups in total. The molecule has 1 atom stereocenters. The first kappa shape index (κ1) is 14.0. The average Bonchev–Trinajstić information content (AvgIpc) is 2.44. The molecule has 0 amide bonds. The quantitative estimate of drug-likeness (QED) is 0.707. The van der Waals surface area contributed by atoms with Crippen LogP contribution in [0.2, 0.25) is 0 Å². The Morgan fingerprint density at radius 2 is 1.75 bits per heavy atom. The van der Waals surface area contributed by atoms with Crippen molar-refractivity contribution in [2.45, 2.75) is 77.4 Å². The predicted octanol–water partition coefficient (Wildman–Crippen LogP) is 3.10. The van der Waals surface area contributed by atoms with Crippen molar-refractivity contribution < 1.29 is 5.11 Å². The van der Waals surface area contributed by atoms with Gasteiger partial charge in [0.15, 0.2) is 0 Å². The molecule has 16 heavy (non-hydrogen) atoms. The van der Waals surface area contributed by atoms with E-state index in [1.807, 2.05) is 6.92 Å². The fourth-order valence-corrected chi connectivity index (χ4v) is 2.72. The van der Waals surface area contributed by atoms with E-state index in [4.69, 9.17) is 0 Å². The van der Waals surface area contributed by atoms with E-state index in [1.165, 1.54) is 38.5 Å². The van der Waals surface area contributed by atoms with Gasteiger partial charge in [0, 0.05) is 6.04 Å².